The minimum atomic E-state index is -4.74. The largest absolute Gasteiger partial charge is 0.416 e. The van der Waals surface area contributed by atoms with Gasteiger partial charge in [-0.2, -0.15) is 13.2 Å². The van der Waals surface area contributed by atoms with E-state index in [-0.39, 0.29) is 23.0 Å². The van der Waals surface area contributed by atoms with Crippen LogP contribution in [0, 0.1) is 12.8 Å². The number of carbonyl (C=O) groups is 2. The van der Waals surface area contributed by atoms with Crippen LogP contribution in [0.4, 0.5) is 18.9 Å². The molecule has 0 saturated carbocycles. The van der Waals surface area contributed by atoms with E-state index in [0.29, 0.717) is 22.5 Å². The Morgan fingerprint density at radius 1 is 0.952 bits per heavy atom. The van der Waals surface area contributed by atoms with Gasteiger partial charge in [0.1, 0.15) is 12.6 Å². The normalized spacial score (nSPS) is 12.6. The van der Waals surface area contributed by atoms with Gasteiger partial charge in [0.25, 0.3) is 10.0 Å². The Morgan fingerprint density at radius 3 is 2.14 bits per heavy atom. The molecular formula is C30H33BrF3N3O4S. The standard InChI is InChI=1S/C30H33BrF3N3O4S/c1-20(2)17-35-29(39)22(4)36(18-23-10-12-25(31)13-11-23)28(38)19-37(26-7-5-6-24(16-26)30(32,33)34)42(40,41)27-14-8-21(3)9-15-27/h5-16,20,22H,17-19H2,1-4H3,(H,35,39)/t22-/m0/s1. The molecule has 226 valence electrons. The van der Waals surface area contributed by atoms with Gasteiger partial charge in [0.2, 0.25) is 11.8 Å². The molecule has 3 aromatic carbocycles. The number of halogens is 4. The number of hydrogen-bond acceptors (Lipinski definition) is 4. The van der Waals surface area contributed by atoms with Gasteiger partial charge in [-0.25, -0.2) is 8.42 Å². The van der Waals surface area contributed by atoms with Crippen molar-refractivity contribution in [3.8, 4) is 0 Å². The average molecular weight is 669 g/mol. The Bertz CT molecular complexity index is 1500. The van der Waals surface area contributed by atoms with E-state index in [9.17, 15) is 31.2 Å². The van der Waals surface area contributed by atoms with Crippen molar-refractivity contribution in [3.05, 3.63) is 94.0 Å². The molecule has 42 heavy (non-hydrogen) atoms. The summed E-state index contributed by atoms with van der Waals surface area (Å²) < 4.78 is 69.9. The molecule has 1 N–H and O–H groups in total. The summed E-state index contributed by atoms with van der Waals surface area (Å²) in [7, 11) is -4.50. The van der Waals surface area contributed by atoms with Gasteiger partial charge >= 0.3 is 6.18 Å². The second-order valence-electron chi connectivity index (χ2n) is 10.3. The van der Waals surface area contributed by atoms with Crippen LogP contribution in [-0.2, 0) is 32.3 Å². The number of sulfonamides is 1. The van der Waals surface area contributed by atoms with Gasteiger partial charge in [-0.3, -0.25) is 13.9 Å². The summed E-state index contributed by atoms with van der Waals surface area (Å²) in [5.41, 5.74) is 0.0450. The number of amides is 2. The maximum Gasteiger partial charge on any atom is 0.416 e. The summed E-state index contributed by atoms with van der Waals surface area (Å²) in [6.07, 6.45) is -4.74. The maximum absolute atomic E-state index is 13.9. The van der Waals surface area contributed by atoms with Crippen molar-refractivity contribution in [3.63, 3.8) is 0 Å². The first-order valence-electron chi connectivity index (χ1n) is 13.2. The van der Waals surface area contributed by atoms with Crippen LogP contribution in [0.15, 0.2) is 82.2 Å². The highest BCUT2D eigenvalue weighted by Gasteiger charge is 2.35. The van der Waals surface area contributed by atoms with Crippen LogP contribution in [0.2, 0.25) is 0 Å². The van der Waals surface area contributed by atoms with Gasteiger partial charge in [0.15, 0.2) is 0 Å². The van der Waals surface area contributed by atoms with Crippen molar-refractivity contribution in [1.82, 2.24) is 10.2 Å². The van der Waals surface area contributed by atoms with Crippen LogP contribution in [-0.4, -0.2) is 44.3 Å². The Balaban J connectivity index is 2.07. The summed E-state index contributed by atoms with van der Waals surface area (Å²) in [6.45, 7) is 6.60. The van der Waals surface area contributed by atoms with Crippen LogP contribution in [0.5, 0.6) is 0 Å². The Morgan fingerprint density at radius 2 is 1.57 bits per heavy atom. The van der Waals surface area contributed by atoms with E-state index in [2.05, 4.69) is 21.2 Å². The fourth-order valence-corrected chi connectivity index (χ4v) is 5.70. The summed E-state index contributed by atoms with van der Waals surface area (Å²) >= 11 is 3.36. The molecule has 2 amide bonds. The first kappa shape index (κ1) is 33.1. The van der Waals surface area contributed by atoms with Crippen LogP contribution >= 0.6 is 15.9 Å². The zero-order chi connectivity index (χ0) is 31.2. The monoisotopic (exact) mass is 667 g/mol. The lowest BCUT2D eigenvalue weighted by atomic mass is 10.1. The molecule has 0 aromatic heterocycles. The Labute approximate surface area is 252 Å². The van der Waals surface area contributed by atoms with E-state index in [0.717, 1.165) is 22.2 Å². The number of rotatable bonds is 11. The number of anilines is 1. The van der Waals surface area contributed by atoms with Crippen molar-refractivity contribution in [2.24, 2.45) is 5.92 Å². The maximum atomic E-state index is 13.9. The molecule has 0 aliphatic carbocycles. The Kier molecular flexibility index (Phi) is 10.8. The number of benzene rings is 3. The minimum absolute atomic E-state index is 0.0383. The van der Waals surface area contributed by atoms with Crippen LogP contribution in [0.1, 0.15) is 37.5 Å². The van der Waals surface area contributed by atoms with Gasteiger partial charge in [-0.1, -0.05) is 65.7 Å². The van der Waals surface area contributed by atoms with Gasteiger partial charge < -0.3 is 10.2 Å². The molecule has 0 fully saturated rings. The first-order chi connectivity index (χ1) is 19.6. The fraction of sp³-hybridized carbons (Fsp3) is 0.333. The summed E-state index contributed by atoms with van der Waals surface area (Å²) in [5.74, 6) is -1.06. The SMILES string of the molecule is Cc1ccc(S(=O)(=O)N(CC(=O)N(Cc2ccc(Br)cc2)[C@@H](C)C(=O)NCC(C)C)c2cccc(C(F)(F)F)c2)cc1. The summed E-state index contributed by atoms with van der Waals surface area (Å²) in [5, 5.41) is 2.79. The molecule has 3 rings (SSSR count). The van der Waals surface area contributed by atoms with E-state index in [1.54, 1.807) is 43.3 Å². The number of carbonyl (C=O) groups excluding carboxylic acids is 2. The molecule has 0 radical (unpaired) electrons. The molecule has 1 atom stereocenters. The van der Waals surface area contributed by atoms with Crippen LogP contribution < -0.4 is 9.62 Å². The molecule has 0 bridgehead atoms. The van der Waals surface area contributed by atoms with Crippen molar-refractivity contribution < 1.29 is 31.2 Å². The molecule has 0 spiro atoms. The second kappa shape index (κ2) is 13.7. The van der Waals surface area contributed by atoms with Crippen molar-refractivity contribution in [2.45, 2.75) is 51.4 Å². The molecule has 12 heteroatoms. The first-order valence-corrected chi connectivity index (χ1v) is 15.4. The highest BCUT2D eigenvalue weighted by molar-refractivity contribution is 9.10. The molecule has 3 aromatic rings. The van der Waals surface area contributed by atoms with Crippen LogP contribution in [0.25, 0.3) is 0 Å². The lowest BCUT2D eigenvalue weighted by Crippen LogP contribution is -2.51. The fourth-order valence-electron chi connectivity index (χ4n) is 4.03. The number of nitrogens with zero attached hydrogens (tertiary/aromatic N) is 2. The lowest BCUT2D eigenvalue weighted by Gasteiger charge is -2.32. The van der Waals surface area contributed by atoms with Crippen LogP contribution in [0.3, 0.4) is 0 Å². The molecule has 7 nitrogen and oxygen atoms in total. The van der Waals surface area contributed by atoms with Crippen molar-refractivity contribution in [1.29, 1.82) is 0 Å². The highest BCUT2D eigenvalue weighted by Crippen LogP contribution is 2.33. The number of hydrogen-bond donors (Lipinski definition) is 1. The Hall–Kier alpha value is -3.38. The molecular weight excluding hydrogens is 635 g/mol. The molecule has 0 heterocycles. The van der Waals surface area contributed by atoms with E-state index < -0.39 is 46.2 Å². The van der Waals surface area contributed by atoms with E-state index in [4.69, 9.17) is 0 Å². The minimum Gasteiger partial charge on any atom is -0.354 e. The van der Waals surface area contributed by atoms with Gasteiger partial charge in [-0.05, 0) is 67.8 Å². The third-order valence-electron chi connectivity index (χ3n) is 6.47. The van der Waals surface area contributed by atoms with Gasteiger partial charge in [0, 0.05) is 17.6 Å². The van der Waals surface area contributed by atoms with Crippen molar-refractivity contribution in [2.75, 3.05) is 17.4 Å². The zero-order valence-corrected chi connectivity index (χ0v) is 26.1. The molecule has 0 unspecified atom stereocenters. The molecule has 0 aliphatic heterocycles. The van der Waals surface area contributed by atoms with Gasteiger partial charge in [0.05, 0.1) is 16.1 Å². The van der Waals surface area contributed by atoms with Crippen molar-refractivity contribution >= 4 is 43.5 Å². The summed E-state index contributed by atoms with van der Waals surface area (Å²) in [6, 6.07) is 15.6. The van der Waals surface area contributed by atoms with E-state index in [1.807, 2.05) is 13.8 Å². The zero-order valence-electron chi connectivity index (χ0n) is 23.7. The van der Waals surface area contributed by atoms with E-state index >= 15 is 0 Å². The lowest BCUT2D eigenvalue weighted by molar-refractivity contribution is -0.139. The topological polar surface area (TPSA) is 86.8 Å². The predicted molar refractivity (Wildman–Crippen MR) is 159 cm³/mol. The number of nitrogens with one attached hydrogen (secondary N) is 1. The number of aryl methyl sites for hydroxylation is 1. The predicted octanol–water partition coefficient (Wildman–Crippen LogP) is 6.16. The number of alkyl halides is 3. The molecule has 0 saturated heterocycles. The smallest absolute Gasteiger partial charge is 0.354 e. The highest BCUT2D eigenvalue weighted by atomic mass is 79.9. The molecule has 0 aliphatic rings. The third kappa shape index (κ3) is 8.57. The average Bonchev–Trinajstić information content (AvgIpc) is 2.93. The quantitative estimate of drug-likeness (QED) is 0.265. The third-order valence-corrected chi connectivity index (χ3v) is 8.78. The summed E-state index contributed by atoms with van der Waals surface area (Å²) in [4.78, 5) is 28.0. The van der Waals surface area contributed by atoms with E-state index in [1.165, 1.54) is 30.0 Å². The van der Waals surface area contributed by atoms with Gasteiger partial charge in [-0.15, -0.1) is 0 Å². The second-order valence-corrected chi connectivity index (χ2v) is 13.1.